The number of methoxy groups -OCH3 is 1. The molecule has 0 saturated heterocycles. The summed E-state index contributed by atoms with van der Waals surface area (Å²) in [6.07, 6.45) is -0.882. The van der Waals surface area contributed by atoms with Gasteiger partial charge in [0.15, 0.2) is 5.16 Å². The van der Waals surface area contributed by atoms with E-state index in [2.05, 4.69) is 16.5 Å². The smallest absolute Gasteiger partial charge is 0.481 e. The first kappa shape index (κ1) is 13.0. The van der Waals surface area contributed by atoms with Gasteiger partial charge in [0.2, 0.25) is 11.8 Å². The molecule has 96 valence electrons. The Balaban J connectivity index is 2.37. The van der Waals surface area contributed by atoms with Crippen molar-refractivity contribution in [1.29, 1.82) is 0 Å². The Hall–Kier alpha value is -1.47. The molecular weight excluding hydrogens is 280 g/mol. The lowest BCUT2D eigenvalue weighted by molar-refractivity contribution is 0.0989. The Morgan fingerprint density at radius 3 is 3.11 bits per heavy atom. The van der Waals surface area contributed by atoms with Crippen LogP contribution in [0.5, 0.6) is 11.8 Å². The molecule has 2 bridgehead atoms. The molecule has 0 amide bonds. The molecule has 0 radical (unpaired) electrons. The van der Waals surface area contributed by atoms with Crippen LogP contribution in [-0.4, -0.2) is 35.2 Å². The Morgan fingerprint density at radius 1 is 1.61 bits per heavy atom. The van der Waals surface area contributed by atoms with Crippen LogP contribution in [0.3, 0.4) is 0 Å². The monoisotopic (exact) mass is 288 g/mol. The van der Waals surface area contributed by atoms with Crippen molar-refractivity contribution in [3.05, 3.63) is 17.6 Å². The first-order valence-electron chi connectivity index (χ1n) is 4.87. The van der Waals surface area contributed by atoms with E-state index in [4.69, 9.17) is 25.8 Å². The summed E-state index contributed by atoms with van der Waals surface area (Å²) in [7, 11) is 1.45. The van der Waals surface area contributed by atoms with Crippen LogP contribution in [0.1, 0.15) is 0 Å². The van der Waals surface area contributed by atoms with Crippen LogP contribution in [0.2, 0.25) is 0 Å². The number of halogens is 1. The van der Waals surface area contributed by atoms with Gasteiger partial charge in [0.1, 0.15) is 6.61 Å². The second-order valence-corrected chi connectivity index (χ2v) is 4.85. The highest BCUT2D eigenvalue weighted by atomic mass is 35.5. The largest absolute Gasteiger partial charge is 0.515 e. The molecule has 0 aromatic carbocycles. The molecule has 18 heavy (non-hydrogen) atoms. The zero-order valence-electron chi connectivity index (χ0n) is 9.38. The van der Waals surface area contributed by atoms with Crippen molar-refractivity contribution in [3.63, 3.8) is 0 Å². The number of thioether (sulfide) groups is 1. The number of nitrogens with zero attached hydrogens (tertiary/aromatic N) is 2. The van der Waals surface area contributed by atoms with Crippen LogP contribution < -0.4 is 9.47 Å². The third kappa shape index (κ3) is 3.05. The molecule has 1 unspecified atom stereocenters. The normalized spacial score (nSPS) is 19.8. The molecular formula is C10H9ClN2O4S. The van der Waals surface area contributed by atoms with Crippen LogP contribution in [0.4, 0.5) is 4.79 Å². The van der Waals surface area contributed by atoms with Crippen LogP contribution in [0.15, 0.2) is 22.7 Å². The van der Waals surface area contributed by atoms with Gasteiger partial charge in [-0.2, -0.15) is 9.97 Å². The fraction of sp³-hybridized carbons (Fsp3) is 0.300. The molecule has 2 heterocycles. The molecule has 1 aromatic rings. The van der Waals surface area contributed by atoms with Crippen LogP contribution in [-0.2, 0) is 4.74 Å². The summed E-state index contributed by atoms with van der Waals surface area (Å²) in [5.41, 5.74) is 0. The minimum absolute atomic E-state index is 0.0202. The van der Waals surface area contributed by atoms with Crippen LogP contribution in [0, 0.1) is 0 Å². The Kier molecular flexibility index (Phi) is 3.93. The van der Waals surface area contributed by atoms with Gasteiger partial charge in [0, 0.05) is 4.91 Å². The number of hydrogen-bond donors (Lipinski definition) is 0. The van der Waals surface area contributed by atoms with Gasteiger partial charge >= 0.3 is 6.16 Å². The van der Waals surface area contributed by atoms with E-state index in [1.54, 1.807) is 0 Å². The molecule has 0 spiro atoms. The SMILES string of the molecule is C=C1Sc2nc(OC)cc(n2)OC(=O)OCC1Cl. The lowest BCUT2D eigenvalue weighted by atomic mass is 10.4. The van der Waals surface area contributed by atoms with E-state index in [9.17, 15) is 4.79 Å². The number of cyclic esters (lactones) is 1. The summed E-state index contributed by atoms with van der Waals surface area (Å²) < 4.78 is 14.6. The topological polar surface area (TPSA) is 70.5 Å². The summed E-state index contributed by atoms with van der Waals surface area (Å²) >= 11 is 7.15. The third-order valence-electron chi connectivity index (χ3n) is 1.97. The van der Waals surface area contributed by atoms with Gasteiger partial charge in [-0.05, 0) is 0 Å². The van der Waals surface area contributed by atoms with Gasteiger partial charge < -0.3 is 14.2 Å². The van der Waals surface area contributed by atoms with Crippen molar-refractivity contribution >= 4 is 29.5 Å². The third-order valence-corrected chi connectivity index (χ3v) is 3.41. The molecule has 2 rings (SSSR count). The van der Waals surface area contributed by atoms with Crippen molar-refractivity contribution in [2.24, 2.45) is 0 Å². The van der Waals surface area contributed by atoms with E-state index < -0.39 is 11.5 Å². The van der Waals surface area contributed by atoms with E-state index in [1.165, 1.54) is 24.9 Å². The van der Waals surface area contributed by atoms with Crippen molar-refractivity contribution in [1.82, 2.24) is 9.97 Å². The van der Waals surface area contributed by atoms with Crippen molar-refractivity contribution in [2.45, 2.75) is 10.5 Å². The lowest BCUT2D eigenvalue weighted by Crippen LogP contribution is -2.19. The summed E-state index contributed by atoms with van der Waals surface area (Å²) in [5.74, 6) is 0.324. The van der Waals surface area contributed by atoms with Crippen molar-refractivity contribution < 1.29 is 19.0 Å². The van der Waals surface area contributed by atoms with Crippen molar-refractivity contribution in [2.75, 3.05) is 13.7 Å². The number of rotatable bonds is 1. The van der Waals surface area contributed by atoms with Crippen LogP contribution in [0.25, 0.3) is 0 Å². The number of hydrogen-bond acceptors (Lipinski definition) is 7. The minimum Gasteiger partial charge on any atom is -0.481 e. The standard InChI is InChI=1S/C10H9ClN2O4S/c1-5-6(11)4-16-10(14)17-8-3-7(15-2)12-9(13-8)18-5/h3,6H,1,4H2,2H3. The molecule has 0 fully saturated rings. The highest BCUT2D eigenvalue weighted by Gasteiger charge is 2.20. The van der Waals surface area contributed by atoms with Gasteiger partial charge in [0.05, 0.1) is 18.6 Å². The quantitative estimate of drug-likeness (QED) is 0.446. The maximum atomic E-state index is 11.3. The fourth-order valence-electron chi connectivity index (χ4n) is 1.12. The zero-order chi connectivity index (χ0) is 13.1. The molecule has 1 aliphatic heterocycles. The number of carbonyl (C=O) groups excluding carboxylic acids is 1. The molecule has 1 aliphatic rings. The van der Waals surface area contributed by atoms with Crippen molar-refractivity contribution in [3.8, 4) is 11.8 Å². The van der Waals surface area contributed by atoms with Gasteiger partial charge in [-0.1, -0.05) is 18.3 Å². The second kappa shape index (κ2) is 5.45. The molecule has 1 atom stereocenters. The molecule has 6 nitrogen and oxygen atoms in total. The summed E-state index contributed by atoms with van der Waals surface area (Å²) in [5, 5.41) is -0.200. The van der Waals surface area contributed by atoms with E-state index in [-0.39, 0.29) is 18.4 Å². The summed E-state index contributed by atoms with van der Waals surface area (Å²) in [4.78, 5) is 20.0. The molecule has 0 N–H and O–H groups in total. The predicted molar refractivity (Wildman–Crippen MR) is 65.2 cm³/mol. The average Bonchev–Trinajstić information content (AvgIpc) is 2.34. The van der Waals surface area contributed by atoms with Gasteiger partial charge in [-0.25, -0.2) is 4.79 Å². The highest BCUT2D eigenvalue weighted by Crippen LogP contribution is 2.31. The maximum Gasteiger partial charge on any atom is 0.515 e. The van der Waals surface area contributed by atoms with E-state index in [0.717, 1.165) is 0 Å². The molecule has 0 saturated carbocycles. The lowest BCUT2D eigenvalue weighted by Gasteiger charge is -2.15. The number of carbonyl (C=O) groups is 1. The van der Waals surface area contributed by atoms with Crippen LogP contribution >= 0.6 is 23.4 Å². The summed E-state index contributed by atoms with van der Waals surface area (Å²) in [6, 6.07) is 1.38. The first-order chi connectivity index (χ1) is 8.58. The number of ether oxygens (including phenoxy) is 3. The minimum atomic E-state index is -0.882. The van der Waals surface area contributed by atoms with Gasteiger partial charge in [-0.15, -0.1) is 11.6 Å². The zero-order valence-corrected chi connectivity index (χ0v) is 11.0. The van der Waals surface area contributed by atoms with E-state index in [1.807, 2.05) is 0 Å². The highest BCUT2D eigenvalue weighted by molar-refractivity contribution is 8.03. The number of fused-ring (bicyclic) bond motifs is 2. The van der Waals surface area contributed by atoms with E-state index >= 15 is 0 Å². The Morgan fingerprint density at radius 2 is 2.39 bits per heavy atom. The predicted octanol–water partition coefficient (Wildman–Crippen LogP) is 2.23. The van der Waals surface area contributed by atoms with E-state index in [0.29, 0.717) is 10.1 Å². The number of alkyl halides is 1. The Bertz CT molecular complexity index is 497. The van der Waals surface area contributed by atoms with Gasteiger partial charge in [-0.3, -0.25) is 0 Å². The van der Waals surface area contributed by atoms with Gasteiger partial charge in [0.25, 0.3) is 0 Å². The molecule has 8 heteroatoms. The Labute approximate surface area is 112 Å². The number of aromatic nitrogens is 2. The molecule has 1 aromatic heterocycles. The first-order valence-corrected chi connectivity index (χ1v) is 6.12. The molecule has 0 aliphatic carbocycles. The fourth-order valence-corrected chi connectivity index (χ4v) is 2.01. The second-order valence-electron chi connectivity index (χ2n) is 3.23. The maximum absolute atomic E-state index is 11.3. The average molecular weight is 289 g/mol. The summed E-state index contributed by atoms with van der Waals surface area (Å²) in [6.45, 7) is 3.76.